The van der Waals surface area contributed by atoms with E-state index in [1.165, 1.54) is 31.4 Å². The highest BCUT2D eigenvalue weighted by molar-refractivity contribution is 14.0. The molecule has 1 fully saturated rings. The molecule has 0 aromatic carbocycles. The lowest BCUT2D eigenvalue weighted by molar-refractivity contribution is -0.120. The molecule has 136 valence electrons. The zero-order valence-electron chi connectivity index (χ0n) is 14.4. The fourth-order valence-electron chi connectivity index (χ4n) is 2.57. The molecule has 1 amide bonds. The van der Waals surface area contributed by atoms with Crippen molar-refractivity contribution in [2.75, 3.05) is 39.6 Å². The highest BCUT2D eigenvalue weighted by atomic mass is 127. The van der Waals surface area contributed by atoms with E-state index in [1.54, 1.807) is 14.2 Å². The van der Waals surface area contributed by atoms with Crippen LogP contribution in [0.5, 0.6) is 0 Å². The van der Waals surface area contributed by atoms with Gasteiger partial charge in [-0.15, -0.1) is 24.0 Å². The van der Waals surface area contributed by atoms with Crippen molar-refractivity contribution >= 4 is 47.6 Å². The molecule has 0 aliphatic heterocycles. The number of hydrogen-bond donors (Lipinski definition) is 3. The molecule has 0 aromatic heterocycles. The number of thioether (sulfide) groups is 1. The zero-order chi connectivity index (χ0) is 16.2. The van der Waals surface area contributed by atoms with Gasteiger partial charge in [-0.25, -0.2) is 0 Å². The Bertz CT molecular complexity index is 356. The molecule has 1 aliphatic carbocycles. The number of ether oxygens (including phenoxy) is 1. The van der Waals surface area contributed by atoms with Crippen LogP contribution >= 0.6 is 35.7 Å². The summed E-state index contributed by atoms with van der Waals surface area (Å²) in [4.78, 5) is 15.9. The quantitative estimate of drug-likeness (QED) is 0.223. The molecule has 0 aromatic rings. The number of methoxy groups -OCH3 is 1. The minimum atomic E-state index is -0.0527. The van der Waals surface area contributed by atoms with Gasteiger partial charge in [0.1, 0.15) is 0 Å². The third-order valence-electron chi connectivity index (χ3n) is 3.64. The van der Waals surface area contributed by atoms with Gasteiger partial charge < -0.3 is 20.7 Å². The van der Waals surface area contributed by atoms with E-state index in [0.29, 0.717) is 25.2 Å². The van der Waals surface area contributed by atoms with Crippen molar-refractivity contribution in [3.8, 4) is 0 Å². The van der Waals surface area contributed by atoms with Crippen molar-refractivity contribution < 1.29 is 9.53 Å². The summed E-state index contributed by atoms with van der Waals surface area (Å²) >= 11 is 2.04. The molecule has 1 aliphatic rings. The predicted molar refractivity (Wildman–Crippen MR) is 109 cm³/mol. The van der Waals surface area contributed by atoms with Gasteiger partial charge in [0, 0.05) is 32.0 Å². The second-order valence-electron chi connectivity index (χ2n) is 5.35. The van der Waals surface area contributed by atoms with Crippen LogP contribution in [0.3, 0.4) is 0 Å². The van der Waals surface area contributed by atoms with Gasteiger partial charge in [-0.05, 0) is 25.0 Å². The third kappa shape index (κ3) is 10.3. The number of nitrogens with one attached hydrogen (secondary N) is 3. The van der Waals surface area contributed by atoms with E-state index in [1.807, 2.05) is 11.8 Å². The summed E-state index contributed by atoms with van der Waals surface area (Å²) in [6, 6.07) is 0.445. The first-order chi connectivity index (χ1) is 10.7. The molecule has 2 unspecified atom stereocenters. The maximum Gasteiger partial charge on any atom is 0.239 e. The number of hydrogen-bond acceptors (Lipinski definition) is 4. The Hall–Kier alpha value is -0.220. The summed E-state index contributed by atoms with van der Waals surface area (Å²) in [5.74, 6) is 1.82. The molecule has 0 bridgehead atoms. The summed E-state index contributed by atoms with van der Waals surface area (Å²) in [7, 11) is 3.35. The standard InChI is InChI=1S/C15H30N4O2S.HI/c1-4-22-13-7-5-6-12(10-13)19-15(16-2)18-11-14(20)17-8-9-21-3;/h12-13H,4-11H2,1-3H3,(H,17,20)(H2,16,18,19);1H. The monoisotopic (exact) mass is 458 g/mol. The number of rotatable bonds is 8. The average molecular weight is 458 g/mol. The van der Waals surface area contributed by atoms with Gasteiger partial charge in [0.2, 0.25) is 5.91 Å². The summed E-state index contributed by atoms with van der Waals surface area (Å²) in [5.41, 5.74) is 0. The maximum absolute atomic E-state index is 11.7. The minimum Gasteiger partial charge on any atom is -0.383 e. The molecule has 8 heteroatoms. The first-order valence-corrected chi connectivity index (χ1v) is 9.08. The largest absolute Gasteiger partial charge is 0.383 e. The molecule has 0 spiro atoms. The SMILES string of the molecule is CCSC1CCCC(NC(=NC)NCC(=O)NCCOC)C1.I. The number of nitrogens with zero attached hydrogens (tertiary/aromatic N) is 1. The van der Waals surface area contributed by atoms with E-state index in [2.05, 4.69) is 27.9 Å². The van der Waals surface area contributed by atoms with Crippen molar-refractivity contribution in [1.29, 1.82) is 0 Å². The second-order valence-corrected chi connectivity index (χ2v) is 6.93. The topological polar surface area (TPSA) is 74.8 Å². The summed E-state index contributed by atoms with van der Waals surface area (Å²) in [6.07, 6.45) is 4.90. The molecule has 0 saturated heterocycles. The van der Waals surface area contributed by atoms with Crippen LogP contribution in [0.25, 0.3) is 0 Å². The first kappa shape index (κ1) is 22.8. The Morgan fingerprint density at radius 3 is 2.78 bits per heavy atom. The van der Waals surface area contributed by atoms with Crippen LogP contribution in [-0.2, 0) is 9.53 Å². The van der Waals surface area contributed by atoms with E-state index in [4.69, 9.17) is 4.74 Å². The number of carbonyl (C=O) groups is 1. The molecule has 3 N–H and O–H groups in total. The van der Waals surface area contributed by atoms with Gasteiger partial charge in [0.25, 0.3) is 0 Å². The second kappa shape index (κ2) is 14.2. The van der Waals surface area contributed by atoms with Crippen molar-refractivity contribution in [3.63, 3.8) is 0 Å². The molecule has 6 nitrogen and oxygen atoms in total. The summed E-state index contributed by atoms with van der Waals surface area (Å²) in [6.45, 7) is 3.49. The van der Waals surface area contributed by atoms with Crippen LogP contribution in [-0.4, -0.2) is 62.8 Å². The van der Waals surface area contributed by atoms with E-state index < -0.39 is 0 Å². The predicted octanol–water partition coefficient (Wildman–Crippen LogP) is 1.60. The van der Waals surface area contributed by atoms with Crippen LogP contribution in [0, 0.1) is 0 Å². The number of guanidine groups is 1. The number of amides is 1. The zero-order valence-corrected chi connectivity index (χ0v) is 17.5. The van der Waals surface area contributed by atoms with E-state index >= 15 is 0 Å². The Morgan fingerprint density at radius 1 is 1.35 bits per heavy atom. The lowest BCUT2D eigenvalue weighted by atomic mass is 9.95. The lowest BCUT2D eigenvalue weighted by Gasteiger charge is -2.30. The molecule has 23 heavy (non-hydrogen) atoms. The van der Waals surface area contributed by atoms with Crippen molar-refractivity contribution in [1.82, 2.24) is 16.0 Å². The van der Waals surface area contributed by atoms with Gasteiger partial charge in [-0.1, -0.05) is 13.3 Å². The van der Waals surface area contributed by atoms with Crippen LogP contribution in [0.2, 0.25) is 0 Å². The smallest absolute Gasteiger partial charge is 0.239 e. The molecule has 0 heterocycles. The van der Waals surface area contributed by atoms with Gasteiger partial charge in [-0.3, -0.25) is 9.79 Å². The third-order valence-corrected chi connectivity index (χ3v) is 4.87. The molecule has 2 atom stereocenters. The molecule has 0 radical (unpaired) electrons. The van der Waals surface area contributed by atoms with Gasteiger partial charge in [-0.2, -0.15) is 11.8 Å². The van der Waals surface area contributed by atoms with Crippen LogP contribution in [0.1, 0.15) is 32.6 Å². The summed E-state index contributed by atoms with van der Waals surface area (Å²) in [5, 5.41) is 10.0. The van der Waals surface area contributed by atoms with Crippen LogP contribution in [0.15, 0.2) is 4.99 Å². The Labute approximate surface area is 161 Å². The molecular weight excluding hydrogens is 427 g/mol. The Morgan fingerprint density at radius 2 is 2.13 bits per heavy atom. The number of halogens is 1. The van der Waals surface area contributed by atoms with E-state index in [9.17, 15) is 4.79 Å². The van der Waals surface area contributed by atoms with Gasteiger partial charge in [0.15, 0.2) is 5.96 Å². The maximum atomic E-state index is 11.7. The molecular formula is C15H31IN4O2S. The fraction of sp³-hybridized carbons (Fsp3) is 0.867. The van der Waals surface area contributed by atoms with Crippen molar-refractivity contribution in [2.45, 2.75) is 43.9 Å². The Balaban J connectivity index is 0.00000484. The average Bonchev–Trinajstić information content (AvgIpc) is 2.52. The lowest BCUT2D eigenvalue weighted by Crippen LogP contribution is -2.48. The first-order valence-electron chi connectivity index (χ1n) is 8.04. The Kier molecular flexibility index (Phi) is 14.0. The fourth-order valence-corrected chi connectivity index (χ4v) is 3.74. The van der Waals surface area contributed by atoms with Crippen LogP contribution < -0.4 is 16.0 Å². The van der Waals surface area contributed by atoms with Gasteiger partial charge >= 0.3 is 0 Å². The normalized spacial score (nSPS) is 21.3. The van der Waals surface area contributed by atoms with Crippen molar-refractivity contribution in [3.05, 3.63) is 0 Å². The summed E-state index contributed by atoms with van der Waals surface area (Å²) < 4.78 is 4.90. The molecule has 1 saturated carbocycles. The van der Waals surface area contributed by atoms with Gasteiger partial charge in [0.05, 0.1) is 13.2 Å². The van der Waals surface area contributed by atoms with E-state index in [-0.39, 0.29) is 36.4 Å². The highest BCUT2D eigenvalue weighted by Gasteiger charge is 2.22. The highest BCUT2D eigenvalue weighted by Crippen LogP contribution is 2.28. The van der Waals surface area contributed by atoms with E-state index in [0.717, 1.165) is 5.25 Å². The minimum absolute atomic E-state index is 0. The molecule has 1 rings (SSSR count). The number of aliphatic imine (C=N–C) groups is 1. The van der Waals surface area contributed by atoms with Crippen LogP contribution in [0.4, 0.5) is 0 Å². The van der Waals surface area contributed by atoms with Crippen molar-refractivity contribution in [2.24, 2.45) is 4.99 Å². The number of carbonyl (C=O) groups excluding carboxylic acids is 1.